The van der Waals surface area contributed by atoms with E-state index in [2.05, 4.69) is 0 Å². The Morgan fingerprint density at radius 2 is 2.20 bits per heavy atom. The smallest absolute Gasteiger partial charge is 0.255 e. The second-order valence-electron chi connectivity index (χ2n) is 3.01. The first kappa shape index (κ1) is 14.2. The van der Waals surface area contributed by atoms with E-state index in [9.17, 15) is 13.6 Å². The van der Waals surface area contributed by atoms with Crippen molar-refractivity contribution in [1.29, 1.82) is 0 Å². The lowest BCUT2D eigenvalue weighted by Crippen LogP contribution is -2.39. The molecule has 0 aromatic rings. The molecule has 0 aromatic heterocycles. The van der Waals surface area contributed by atoms with E-state index in [1.807, 2.05) is 6.92 Å². The minimum Gasteiger partial charge on any atom is -0.395 e. The van der Waals surface area contributed by atoms with Crippen LogP contribution >= 0.6 is 0 Å². The van der Waals surface area contributed by atoms with Gasteiger partial charge in [0.25, 0.3) is 6.43 Å². The van der Waals surface area contributed by atoms with Gasteiger partial charge in [-0.2, -0.15) is 0 Å². The summed E-state index contributed by atoms with van der Waals surface area (Å²) in [7, 11) is 0. The van der Waals surface area contributed by atoms with Crippen molar-refractivity contribution in [1.82, 2.24) is 4.90 Å². The third-order valence-corrected chi connectivity index (χ3v) is 1.66. The fourth-order valence-electron chi connectivity index (χ4n) is 1.00. The van der Waals surface area contributed by atoms with Crippen molar-refractivity contribution in [2.24, 2.45) is 0 Å². The van der Waals surface area contributed by atoms with Gasteiger partial charge in [-0.3, -0.25) is 4.79 Å². The Morgan fingerprint density at radius 1 is 1.53 bits per heavy atom. The van der Waals surface area contributed by atoms with E-state index in [1.165, 1.54) is 0 Å². The van der Waals surface area contributed by atoms with Crippen LogP contribution in [0.5, 0.6) is 0 Å². The van der Waals surface area contributed by atoms with Gasteiger partial charge >= 0.3 is 0 Å². The van der Waals surface area contributed by atoms with Crippen LogP contribution in [0.25, 0.3) is 0 Å². The molecule has 0 aliphatic carbocycles. The lowest BCUT2D eigenvalue weighted by molar-refractivity contribution is -0.138. The monoisotopic (exact) mass is 225 g/mol. The Balaban J connectivity index is 3.92. The number of ether oxygens (including phenoxy) is 1. The van der Waals surface area contributed by atoms with Gasteiger partial charge < -0.3 is 14.7 Å². The molecule has 0 rings (SSSR count). The topological polar surface area (TPSA) is 49.8 Å². The first-order chi connectivity index (χ1) is 7.11. The molecule has 0 saturated heterocycles. The third kappa shape index (κ3) is 7.21. The molecule has 0 heterocycles. The molecule has 15 heavy (non-hydrogen) atoms. The lowest BCUT2D eigenvalue weighted by Gasteiger charge is -2.20. The van der Waals surface area contributed by atoms with Crippen molar-refractivity contribution < 1.29 is 23.4 Å². The third-order valence-electron chi connectivity index (χ3n) is 1.66. The minimum atomic E-state index is -2.59. The zero-order valence-corrected chi connectivity index (χ0v) is 8.79. The van der Waals surface area contributed by atoms with E-state index in [1.54, 1.807) is 0 Å². The molecule has 0 radical (unpaired) electrons. The Morgan fingerprint density at radius 3 is 2.67 bits per heavy atom. The second kappa shape index (κ2) is 8.55. The maximum absolute atomic E-state index is 12.0. The Bertz CT molecular complexity index is 179. The van der Waals surface area contributed by atoms with Crippen LogP contribution in [-0.4, -0.2) is 55.2 Å². The van der Waals surface area contributed by atoms with E-state index in [0.717, 1.165) is 11.3 Å². The normalized spacial score (nSPS) is 10.7. The van der Waals surface area contributed by atoms with Crippen LogP contribution in [0, 0.1) is 0 Å². The summed E-state index contributed by atoms with van der Waals surface area (Å²) >= 11 is 0. The van der Waals surface area contributed by atoms with Gasteiger partial charge in [-0.15, -0.1) is 0 Å². The average molecular weight is 225 g/mol. The van der Waals surface area contributed by atoms with Crippen molar-refractivity contribution >= 4 is 5.91 Å². The first-order valence-corrected chi connectivity index (χ1v) is 4.86. The maximum Gasteiger partial charge on any atom is 0.255 e. The quantitative estimate of drug-likeness (QED) is 0.612. The van der Waals surface area contributed by atoms with Gasteiger partial charge in [0.15, 0.2) is 0 Å². The van der Waals surface area contributed by atoms with Crippen LogP contribution in [0.3, 0.4) is 0 Å². The van der Waals surface area contributed by atoms with Gasteiger partial charge in [-0.05, 0) is 6.42 Å². The SMILES string of the molecule is CCCOCC(=O)N(CCO)CC(F)F. The summed E-state index contributed by atoms with van der Waals surface area (Å²) < 4.78 is 29.0. The van der Waals surface area contributed by atoms with E-state index in [4.69, 9.17) is 9.84 Å². The number of hydrogen-bond acceptors (Lipinski definition) is 3. The van der Waals surface area contributed by atoms with E-state index >= 15 is 0 Å². The van der Waals surface area contributed by atoms with Gasteiger partial charge in [0.2, 0.25) is 5.91 Å². The van der Waals surface area contributed by atoms with Crippen LogP contribution in [0.2, 0.25) is 0 Å². The summed E-state index contributed by atoms with van der Waals surface area (Å²) in [5.41, 5.74) is 0. The van der Waals surface area contributed by atoms with E-state index in [-0.39, 0.29) is 19.8 Å². The molecule has 0 aliphatic rings. The molecule has 1 amide bonds. The molecular weight excluding hydrogens is 208 g/mol. The van der Waals surface area contributed by atoms with Crippen LogP contribution in [0.15, 0.2) is 0 Å². The Labute approximate surface area is 87.8 Å². The molecule has 6 heteroatoms. The Hall–Kier alpha value is -0.750. The largest absolute Gasteiger partial charge is 0.395 e. The summed E-state index contributed by atoms with van der Waals surface area (Å²) in [5.74, 6) is -0.516. The van der Waals surface area contributed by atoms with Gasteiger partial charge in [-0.1, -0.05) is 6.92 Å². The van der Waals surface area contributed by atoms with E-state index in [0.29, 0.717) is 6.61 Å². The van der Waals surface area contributed by atoms with Crippen molar-refractivity contribution in [2.45, 2.75) is 19.8 Å². The molecular formula is C9H17F2NO3. The predicted molar refractivity (Wildman–Crippen MR) is 50.8 cm³/mol. The number of carbonyl (C=O) groups excluding carboxylic acids is 1. The number of carbonyl (C=O) groups is 1. The number of amides is 1. The predicted octanol–water partition coefficient (Wildman–Crippen LogP) is 0.499. The molecule has 0 unspecified atom stereocenters. The second-order valence-corrected chi connectivity index (χ2v) is 3.01. The molecule has 4 nitrogen and oxygen atoms in total. The van der Waals surface area contributed by atoms with Crippen LogP contribution in [0.1, 0.15) is 13.3 Å². The molecule has 0 aromatic carbocycles. The van der Waals surface area contributed by atoms with Crippen molar-refractivity contribution in [2.75, 3.05) is 32.9 Å². The zero-order valence-electron chi connectivity index (χ0n) is 8.79. The molecule has 0 bridgehead atoms. The summed E-state index contributed by atoms with van der Waals surface area (Å²) in [5, 5.41) is 8.59. The number of alkyl halides is 2. The highest BCUT2D eigenvalue weighted by atomic mass is 19.3. The number of aliphatic hydroxyl groups is 1. The van der Waals surface area contributed by atoms with Gasteiger partial charge in [-0.25, -0.2) is 8.78 Å². The molecule has 0 saturated carbocycles. The number of rotatable bonds is 8. The van der Waals surface area contributed by atoms with Crippen molar-refractivity contribution in [3.8, 4) is 0 Å². The number of aliphatic hydroxyl groups excluding tert-OH is 1. The highest BCUT2D eigenvalue weighted by molar-refractivity contribution is 5.77. The minimum absolute atomic E-state index is 0.0847. The fourth-order valence-corrected chi connectivity index (χ4v) is 1.00. The molecule has 1 N–H and O–H groups in total. The van der Waals surface area contributed by atoms with E-state index < -0.39 is 18.9 Å². The van der Waals surface area contributed by atoms with Crippen LogP contribution < -0.4 is 0 Å². The lowest BCUT2D eigenvalue weighted by atomic mass is 10.4. The fraction of sp³-hybridized carbons (Fsp3) is 0.889. The molecule has 90 valence electrons. The summed E-state index contributed by atoms with van der Waals surface area (Å²) in [6, 6.07) is 0. The zero-order chi connectivity index (χ0) is 11.7. The molecule has 0 fully saturated rings. The van der Waals surface area contributed by atoms with Crippen LogP contribution in [-0.2, 0) is 9.53 Å². The van der Waals surface area contributed by atoms with Crippen molar-refractivity contribution in [3.05, 3.63) is 0 Å². The summed E-state index contributed by atoms with van der Waals surface area (Å²) in [6.45, 7) is 1.03. The number of hydrogen-bond donors (Lipinski definition) is 1. The highest BCUT2D eigenvalue weighted by Gasteiger charge is 2.17. The van der Waals surface area contributed by atoms with Crippen molar-refractivity contribution in [3.63, 3.8) is 0 Å². The Kier molecular flexibility index (Phi) is 8.12. The first-order valence-electron chi connectivity index (χ1n) is 4.86. The van der Waals surface area contributed by atoms with Gasteiger partial charge in [0, 0.05) is 13.2 Å². The summed E-state index contributed by atoms with van der Waals surface area (Å²) in [4.78, 5) is 12.2. The molecule has 0 spiro atoms. The van der Waals surface area contributed by atoms with Gasteiger partial charge in [0.1, 0.15) is 6.61 Å². The summed E-state index contributed by atoms with van der Waals surface area (Å²) in [6.07, 6.45) is -1.83. The number of halogens is 2. The number of nitrogens with zero attached hydrogens (tertiary/aromatic N) is 1. The van der Waals surface area contributed by atoms with Gasteiger partial charge in [0.05, 0.1) is 13.2 Å². The standard InChI is InChI=1S/C9H17F2NO3/c1-2-5-15-7-9(14)12(3-4-13)6-8(10)11/h8,13H,2-7H2,1H3. The maximum atomic E-state index is 12.0. The average Bonchev–Trinajstić information content (AvgIpc) is 2.17. The van der Waals surface area contributed by atoms with Crippen LogP contribution in [0.4, 0.5) is 8.78 Å². The molecule has 0 atom stereocenters. The molecule has 0 aliphatic heterocycles. The highest BCUT2D eigenvalue weighted by Crippen LogP contribution is 1.99.